The fourth-order valence-corrected chi connectivity index (χ4v) is 2.22. The number of amides is 1. The van der Waals surface area contributed by atoms with Gasteiger partial charge in [-0.3, -0.25) is 4.79 Å². The number of aliphatic imine (C=N–C) groups is 1. The molecule has 0 saturated carbocycles. The van der Waals surface area contributed by atoms with Gasteiger partial charge in [0.15, 0.2) is 0 Å². The quantitative estimate of drug-likeness (QED) is 0.254. The Morgan fingerprint density at radius 3 is 2.18 bits per heavy atom. The molecule has 0 unspecified atom stereocenters. The van der Waals surface area contributed by atoms with Crippen LogP contribution in [0.1, 0.15) is 34.6 Å². The van der Waals surface area contributed by atoms with Crippen molar-refractivity contribution >= 4 is 36.4 Å². The average Bonchev–Trinajstić information content (AvgIpc) is 2.69. The molecule has 0 aliphatic carbocycles. The molecule has 2 aromatic carbocycles. The lowest BCUT2D eigenvalue weighted by Crippen LogP contribution is -2.31. The van der Waals surface area contributed by atoms with Gasteiger partial charge in [-0.15, -0.1) is 0 Å². The van der Waals surface area contributed by atoms with Crippen LogP contribution < -0.4 is 32.0 Å². The number of hydrogen-bond donors (Lipinski definition) is 3. The lowest BCUT2D eigenvalue weighted by Gasteiger charge is -2.10. The zero-order chi connectivity index (χ0) is 25.4. The summed E-state index contributed by atoms with van der Waals surface area (Å²) in [4.78, 5) is 12.8. The molecule has 0 atom stereocenters. The number of benzene rings is 2. The number of hydrogen-bond acceptors (Lipinski definition) is 6. The van der Waals surface area contributed by atoms with E-state index in [2.05, 4.69) is 50.3 Å². The minimum absolute atomic E-state index is 0.250. The van der Waals surface area contributed by atoms with Crippen molar-refractivity contribution in [1.82, 2.24) is 0 Å². The monoisotopic (exact) mass is 460 g/mol. The van der Waals surface area contributed by atoms with E-state index in [9.17, 15) is 4.39 Å². The maximum Gasteiger partial charge on any atom is 0.204 e. The molecule has 0 bridgehead atoms. The number of nitrogens with one attached hydrogen (secondary N) is 1. The number of nitrogens with zero attached hydrogens (tertiary/aromatic N) is 1. The van der Waals surface area contributed by atoms with Crippen LogP contribution in [0.3, 0.4) is 0 Å². The van der Waals surface area contributed by atoms with Gasteiger partial charge in [0.05, 0.1) is 11.8 Å². The number of ether oxygens (including phenoxy) is 2. The van der Waals surface area contributed by atoms with Gasteiger partial charge in [0.2, 0.25) is 6.41 Å². The summed E-state index contributed by atoms with van der Waals surface area (Å²) in [5.41, 5.74) is 11.7. The number of nitrogen functional groups attached to an aromatic ring is 1. The Bertz CT molecular complexity index is 978. The number of carbonyl (C=O) groups excluding carboxylic acids is 1. The molecule has 0 aliphatic heterocycles. The van der Waals surface area contributed by atoms with Gasteiger partial charge in [0, 0.05) is 30.8 Å². The highest BCUT2D eigenvalue weighted by Gasteiger charge is 2.07. The maximum absolute atomic E-state index is 14.7. The van der Waals surface area contributed by atoms with Crippen molar-refractivity contribution < 1.29 is 18.7 Å². The van der Waals surface area contributed by atoms with Crippen LogP contribution >= 0.6 is 0 Å². The zero-order valence-corrected chi connectivity index (χ0v) is 20.4. The average molecular weight is 461 g/mol. The molecule has 7 nitrogen and oxygen atoms in total. The summed E-state index contributed by atoms with van der Waals surface area (Å²) in [5, 5.41) is 3.85. The molecular weight excluding hydrogens is 423 g/mol. The molecular formula is C25H37FN4O3. The van der Waals surface area contributed by atoms with Crippen LogP contribution in [-0.2, 0) is 9.53 Å². The smallest absolute Gasteiger partial charge is 0.204 e. The fraction of sp³-hybridized carbons (Fsp3) is 0.360. The Kier molecular flexibility index (Phi) is 13.8. The number of methoxy groups -OCH3 is 1. The van der Waals surface area contributed by atoms with E-state index in [1.54, 1.807) is 50.6 Å². The van der Waals surface area contributed by atoms with Gasteiger partial charge < -0.3 is 26.3 Å². The van der Waals surface area contributed by atoms with Gasteiger partial charge in [-0.2, -0.15) is 0 Å². The number of carbonyl (C=O) groups is 1. The summed E-state index contributed by atoms with van der Waals surface area (Å²) in [6.07, 6.45) is 1.83. The predicted molar refractivity (Wildman–Crippen MR) is 136 cm³/mol. The topological polar surface area (TPSA) is 112 Å². The minimum Gasteiger partial charge on any atom is -0.491 e. The number of anilines is 2. The van der Waals surface area contributed by atoms with E-state index in [0.717, 1.165) is 5.69 Å². The van der Waals surface area contributed by atoms with Gasteiger partial charge in [0.25, 0.3) is 0 Å². The number of nitrogens with two attached hydrogens (primary N) is 2. The van der Waals surface area contributed by atoms with Crippen molar-refractivity contribution in [2.24, 2.45) is 16.1 Å². The first-order valence-electron chi connectivity index (χ1n) is 10.4. The summed E-state index contributed by atoms with van der Waals surface area (Å²) < 4.78 is 25.0. The van der Waals surface area contributed by atoms with E-state index in [0.29, 0.717) is 41.1 Å². The highest BCUT2D eigenvalue weighted by molar-refractivity contribution is 5.71. The van der Waals surface area contributed by atoms with Gasteiger partial charge in [-0.05, 0) is 47.9 Å². The van der Waals surface area contributed by atoms with Crippen molar-refractivity contribution in [3.05, 3.63) is 52.7 Å². The number of halogens is 1. The molecule has 8 heteroatoms. The Morgan fingerprint density at radius 2 is 1.73 bits per heavy atom. The van der Waals surface area contributed by atoms with E-state index in [-0.39, 0.29) is 11.6 Å². The summed E-state index contributed by atoms with van der Waals surface area (Å²) in [6, 6.07) is 10.1. The van der Waals surface area contributed by atoms with Crippen molar-refractivity contribution in [2.75, 3.05) is 31.4 Å². The maximum atomic E-state index is 14.7. The van der Waals surface area contributed by atoms with Gasteiger partial charge in [-0.25, -0.2) is 9.38 Å². The third kappa shape index (κ3) is 13.6. The second kappa shape index (κ2) is 15.4. The van der Waals surface area contributed by atoms with Gasteiger partial charge in [0.1, 0.15) is 24.0 Å². The molecule has 0 fully saturated rings. The van der Waals surface area contributed by atoms with Crippen LogP contribution in [0.15, 0.2) is 41.4 Å². The normalized spacial score (nSPS) is 11.5. The first-order chi connectivity index (χ1) is 15.5. The third-order valence-electron chi connectivity index (χ3n) is 3.37. The molecule has 0 heterocycles. The summed E-state index contributed by atoms with van der Waals surface area (Å²) in [6.45, 7) is 15.2. The van der Waals surface area contributed by atoms with Gasteiger partial charge >= 0.3 is 0 Å². The lowest BCUT2D eigenvalue weighted by atomic mass is 10.0. The molecule has 2 rings (SSSR count). The molecule has 0 spiro atoms. The van der Waals surface area contributed by atoms with Crippen LogP contribution in [0, 0.1) is 11.2 Å². The van der Waals surface area contributed by atoms with E-state index in [1.807, 2.05) is 0 Å². The number of primary amides is 1. The Labute approximate surface area is 196 Å². The molecule has 2 aromatic rings. The number of rotatable bonds is 7. The van der Waals surface area contributed by atoms with Crippen molar-refractivity contribution in [3.63, 3.8) is 0 Å². The molecule has 1 amide bonds. The van der Waals surface area contributed by atoms with E-state index >= 15 is 0 Å². The fourth-order valence-electron chi connectivity index (χ4n) is 2.22. The van der Waals surface area contributed by atoms with Crippen LogP contribution in [0.2, 0.25) is 0 Å². The highest BCUT2D eigenvalue weighted by Crippen LogP contribution is 2.14. The Morgan fingerprint density at radius 1 is 1.18 bits per heavy atom. The third-order valence-corrected chi connectivity index (χ3v) is 3.37. The molecule has 0 saturated heterocycles. The molecule has 0 aromatic heterocycles. The highest BCUT2D eigenvalue weighted by atomic mass is 19.1. The standard InChI is InChI=1S/C19H22FN3O2.C5H12.CH3NO/c1-4-22-19(23-15-7-5-14(21)6-8-15)18-13(2)11-16(12-17(18)20)25-10-9-24-3;1-5(2,3)4;2-1-3/h4-8,11-12,23H,2,9-10,21H2,1,3H3;1-4H3;1H,(H2,2,3)/b19-18-,22-4-;;. The van der Waals surface area contributed by atoms with Crippen LogP contribution in [-0.4, -0.2) is 32.9 Å². The molecule has 5 N–H and O–H groups in total. The summed E-state index contributed by atoms with van der Waals surface area (Å²) in [5.74, 6) is 0.289. The Balaban J connectivity index is 0.00000111. The summed E-state index contributed by atoms with van der Waals surface area (Å²) in [7, 11) is 1.58. The lowest BCUT2D eigenvalue weighted by molar-refractivity contribution is -0.106. The first-order valence-corrected chi connectivity index (χ1v) is 10.4. The largest absolute Gasteiger partial charge is 0.491 e. The van der Waals surface area contributed by atoms with Crippen molar-refractivity contribution in [3.8, 4) is 5.75 Å². The molecule has 0 aliphatic rings. The van der Waals surface area contributed by atoms with Crippen molar-refractivity contribution in [1.29, 1.82) is 0 Å². The molecule has 33 heavy (non-hydrogen) atoms. The summed E-state index contributed by atoms with van der Waals surface area (Å²) >= 11 is 0. The van der Waals surface area contributed by atoms with Crippen LogP contribution in [0.5, 0.6) is 5.75 Å². The van der Waals surface area contributed by atoms with Crippen LogP contribution in [0.25, 0.3) is 12.4 Å². The van der Waals surface area contributed by atoms with Crippen molar-refractivity contribution in [2.45, 2.75) is 34.6 Å². The Hall–Kier alpha value is -3.39. The molecule has 182 valence electrons. The van der Waals surface area contributed by atoms with Crippen LogP contribution in [0.4, 0.5) is 15.8 Å². The SMILES string of the molecule is C=c1cc(OCCOC)cc(F)/c1=C(/N=C\C)Nc1ccc(N)cc1.CC(C)(C)C.NC=O. The van der Waals surface area contributed by atoms with E-state index in [4.69, 9.17) is 20.0 Å². The van der Waals surface area contributed by atoms with Gasteiger partial charge in [-0.1, -0.05) is 34.3 Å². The second-order valence-corrected chi connectivity index (χ2v) is 8.40. The predicted octanol–water partition coefficient (Wildman–Crippen LogP) is 3.27. The zero-order valence-electron chi connectivity index (χ0n) is 20.4. The molecule has 0 radical (unpaired) electrons. The van der Waals surface area contributed by atoms with E-state index < -0.39 is 5.82 Å². The first kappa shape index (κ1) is 29.6. The second-order valence-electron chi connectivity index (χ2n) is 8.40. The minimum atomic E-state index is -0.469. The van der Waals surface area contributed by atoms with E-state index in [1.165, 1.54) is 6.07 Å².